The molecule has 0 spiro atoms. The van der Waals surface area contributed by atoms with Gasteiger partial charge in [0.25, 0.3) is 5.56 Å². The highest BCUT2D eigenvalue weighted by atomic mass is 35.5. The minimum atomic E-state index is -1.36. The first kappa shape index (κ1) is 14.4. The standard InChI is InChI=1S/C17H12ClNO3/c18-12-5-3-4-11(8-12)10-19-15-7-2-1-6-13(15)14(17(21)22)9-16(19)20/h1-9H,10H2,(H,21,22)/p-1. The van der Waals surface area contributed by atoms with E-state index >= 15 is 0 Å². The van der Waals surface area contributed by atoms with Crippen molar-refractivity contribution in [2.75, 3.05) is 0 Å². The van der Waals surface area contributed by atoms with Gasteiger partial charge in [0.15, 0.2) is 0 Å². The fraction of sp³-hybridized carbons (Fsp3) is 0.0588. The van der Waals surface area contributed by atoms with Crippen molar-refractivity contribution in [3.8, 4) is 0 Å². The molecular formula is C17H11ClNO3-. The lowest BCUT2D eigenvalue weighted by Gasteiger charge is -2.14. The second-order valence-corrected chi connectivity index (χ2v) is 5.35. The molecule has 0 aliphatic rings. The number of nitrogens with zero attached hydrogens (tertiary/aromatic N) is 1. The van der Waals surface area contributed by atoms with Crippen LogP contribution < -0.4 is 10.7 Å². The third kappa shape index (κ3) is 2.61. The second-order valence-electron chi connectivity index (χ2n) is 4.92. The Labute approximate surface area is 131 Å². The predicted octanol–water partition coefficient (Wildman–Crippen LogP) is 2.07. The van der Waals surface area contributed by atoms with Crippen LogP contribution in [0.3, 0.4) is 0 Å². The molecule has 22 heavy (non-hydrogen) atoms. The van der Waals surface area contributed by atoms with Crippen molar-refractivity contribution in [2.45, 2.75) is 6.54 Å². The van der Waals surface area contributed by atoms with Crippen molar-refractivity contribution >= 4 is 28.5 Å². The number of benzene rings is 2. The van der Waals surface area contributed by atoms with E-state index in [9.17, 15) is 14.7 Å². The van der Waals surface area contributed by atoms with E-state index in [4.69, 9.17) is 11.6 Å². The van der Waals surface area contributed by atoms with E-state index in [2.05, 4.69) is 0 Å². The van der Waals surface area contributed by atoms with Gasteiger partial charge in [-0.15, -0.1) is 0 Å². The number of rotatable bonds is 3. The number of aromatic carboxylic acids is 1. The molecule has 2 aromatic carbocycles. The number of hydrogen-bond acceptors (Lipinski definition) is 3. The molecule has 110 valence electrons. The third-order valence-corrected chi connectivity index (χ3v) is 3.70. The maximum Gasteiger partial charge on any atom is 0.251 e. The Balaban J connectivity index is 2.22. The number of carboxylic acids is 1. The van der Waals surface area contributed by atoms with Crippen molar-refractivity contribution in [1.29, 1.82) is 0 Å². The largest absolute Gasteiger partial charge is 0.545 e. The molecule has 1 aromatic heterocycles. The summed E-state index contributed by atoms with van der Waals surface area (Å²) in [6.45, 7) is 0.313. The molecule has 0 bridgehead atoms. The van der Waals surface area contributed by atoms with E-state index in [1.807, 2.05) is 6.07 Å². The average Bonchev–Trinajstić information content (AvgIpc) is 2.49. The molecule has 0 saturated heterocycles. The Bertz CT molecular complexity index is 931. The first-order chi connectivity index (χ1) is 10.6. The summed E-state index contributed by atoms with van der Waals surface area (Å²) in [6.07, 6.45) is 0. The number of hydrogen-bond donors (Lipinski definition) is 0. The quantitative estimate of drug-likeness (QED) is 0.744. The van der Waals surface area contributed by atoms with Crippen LogP contribution in [0.2, 0.25) is 5.02 Å². The monoisotopic (exact) mass is 312 g/mol. The third-order valence-electron chi connectivity index (χ3n) is 3.47. The fourth-order valence-electron chi connectivity index (χ4n) is 2.48. The van der Waals surface area contributed by atoms with Gasteiger partial charge in [0.1, 0.15) is 0 Å². The minimum Gasteiger partial charge on any atom is -0.545 e. The number of para-hydroxylation sites is 1. The van der Waals surface area contributed by atoms with Crippen molar-refractivity contribution in [3.05, 3.63) is 81.1 Å². The molecule has 0 aliphatic carbocycles. The molecule has 1 heterocycles. The summed E-state index contributed by atoms with van der Waals surface area (Å²) < 4.78 is 1.52. The van der Waals surface area contributed by atoms with Gasteiger partial charge < -0.3 is 14.5 Å². The van der Waals surface area contributed by atoms with E-state index < -0.39 is 11.5 Å². The number of pyridine rings is 1. The van der Waals surface area contributed by atoms with E-state index in [0.29, 0.717) is 22.5 Å². The number of carbonyl (C=O) groups is 1. The van der Waals surface area contributed by atoms with Crippen molar-refractivity contribution in [2.24, 2.45) is 0 Å². The Morgan fingerprint density at radius 1 is 1.09 bits per heavy atom. The average molecular weight is 313 g/mol. The van der Waals surface area contributed by atoms with Crippen LogP contribution in [-0.2, 0) is 6.54 Å². The molecule has 0 atom stereocenters. The summed E-state index contributed by atoms with van der Waals surface area (Å²) in [5, 5.41) is 12.3. The summed E-state index contributed by atoms with van der Waals surface area (Å²) in [4.78, 5) is 23.5. The van der Waals surface area contributed by atoms with E-state index in [0.717, 1.165) is 11.6 Å². The highest BCUT2D eigenvalue weighted by Crippen LogP contribution is 2.18. The van der Waals surface area contributed by atoms with Crippen LogP contribution >= 0.6 is 11.6 Å². The molecule has 3 aromatic rings. The summed E-state index contributed by atoms with van der Waals surface area (Å²) >= 11 is 5.96. The SMILES string of the molecule is O=C([O-])c1cc(=O)n(Cc2cccc(Cl)c2)c2ccccc12. The van der Waals surface area contributed by atoms with Crippen LogP contribution in [0.5, 0.6) is 0 Å². The lowest BCUT2D eigenvalue weighted by molar-refractivity contribution is -0.254. The Kier molecular flexibility index (Phi) is 3.69. The molecule has 0 radical (unpaired) electrons. The summed E-state index contributed by atoms with van der Waals surface area (Å²) in [5.74, 6) is -1.36. The van der Waals surface area contributed by atoms with Crippen LogP contribution in [0.15, 0.2) is 59.4 Å². The summed E-state index contributed by atoms with van der Waals surface area (Å²) in [5.41, 5.74) is 0.927. The maximum atomic E-state index is 12.3. The zero-order valence-electron chi connectivity index (χ0n) is 11.5. The Morgan fingerprint density at radius 3 is 2.59 bits per heavy atom. The highest BCUT2D eigenvalue weighted by molar-refractivity contribution is 6.30. The minimum absolute atomic E-state index is 0.0945. The zero-order chi connectivity index (χ0) is 15.7. The van der Waals surface area contributed by atoms with Gasteiger partial charge in [0.05, 0.1) is 18.0 Å². The molecule has 0 fully saturated rings. The van der Waals surface area contributed by atoms with Gasteiger partial charge in [0.2, 0.25) is 0 Å². The molecular weight excluding hydrogens is 302 g/mol. The lowest BCUT2D eigenvalue weighted by Crippen LogP contribution is -2.28. The van der Waals surface area contributed by atoms with Gasteiger partial charge in [-0.1, -0.05) is 41.9 Å². The molecule has 5 heteroatoms. The molecule has 0 N–H and O–H groups in total. The van der Waals surface area contributed by atoms with E-state index in [-0.39, 0.29) is 5.56 Å². The Hall–Kier alpha value is -2.59. The zero-order valence-corrected chi connectivity index (χ0v) is 12.2. The molecule has 0 saturated carbocycles. The van der Waals surface area contributed by atoms with Gasteiger partial charge in [-0.25, -0.2) is 0 Å². The van der Waals surface area contributed by atoms with Crippen molar-refractivity contribution in [1.82, 2.24) is 4.57 Å². The maximum absolute atomic E-state index is 12.3. The van der Waals surface area contributed by atoms with Gasteiger partial charge in [-0.3, -0.25) is 4.79 Å². The van der Waals surface area contributed by atoms with Crippen molar-refractivity contribution in [3.63, 3.8) is 0 Å². The van der Waals surface area contributed by atoms with Crippen molar-refractivity contribution < 1.29 is 9.90 Å². The smallest absolute Gasteiger partial charge is 0.251 e. The summed E-state index contributed by atoms with van der Waals surface area (Å²) in [6, 6.07) is 15.2. The van der Waals surface area contributed by atoms with Gasteiger partial charge in [0, 0.05) is 22.0 Å². The number of halogens is 1. The van der Waals surface area contributed by atoms with Crippen LogP contribution in [0, 0.1) is 0 Å². The summed E-state index contributed by atoms with van der Waals surface area (Å²) in [7, 11) is 0. The molecule has 0 unspecified atom stereocenters. The van der Waals surface area contributed by atoms with Gasteiger partial charge >= 0.3 is 0 Å². The molecule has 0 aliphatic heterocycles. The lowest BCUT2D eigenvalue weighted by atomic mass is 10.1. The Morgan fingerprint density at radius 2 is 1.86 bits per heavy atom. The van der Waals surface area contributed by atoms with Crippen LogP contribution in [0.1, 0.15) is 15.9 Å². The van der Waals surface area contributed by atoms with Crippen LogP contribution in [0.25, 0.3) is 10.9 Å². The van der Waals surface area contributed by atoms with Crippen LogP contribution in [0.4, 0.5) is 0 Å². The molecule has 4 nitrogen and oxygen atoms in total. The normalized spacial score (nSPS) is 10.8. The van der Waals surface area contributed by atoms with Gasteiger partial charge in [-0.05, 0) is 23.8 Å². The highest BCUT2D eigenvalue weighted by Gasteiger charge is 2.09. The first-order valence-corrected chi connectivity index (χ1v) is 7.02. The van der Waals surface area contributed by atoms with E-state index in [1.54, 1.807) is 42.5 Å². The van der Waals surface area contributed by atoms with Gasteiger partial charge in [-0.2, -0.15) is 0 Å². The number of aromatic nitrogens is 1. The molecule has 0 amide bonds. The number of carbonyl (C=O) groups excluding carboxylic acids is 1. The second kappa shape index (κ2) is 5.66. The molecule has 3 rings (SSSR count). The first-order valence-electron chi connectivity index (χ1n) is 6.64. The fourth-order valence-corrected chi connectivity index (χ4v) is 2.70. The topological polar surface area (TPSA) is 62.1 Å². The van der Waals surface area contributed by atoms with E-state index in [1.165, 1.54) is 4.57 Å². The van der Waals surface area contributed by atoms with Crippen LogP contribution in [-0.4, -0.2) is 10.5 Å². The number of fused-ring (bicyclic) bond motifs is 1. The predicted molar refractivity (Wildman–Crippen MR) is 83.1 cm³/mol. The number of carboxylic acid groups (broad SMARTS) is 1.